The molecule has 2 aliphatic heterocycles. The van der Waals surface area contributed by atoms with Crippen LogP contribution in [-0.2, 0) is 19.7 Å². The van der Waals surface area contributed by atoms with Crippen LogP contribution < -0.4 is 0 Å². The second-order valence-corrected chi connectivity index (χ2v) is 9.29. The van der Waals surface area contributed by atoms with Crippen molar-refractivity contribution in [2.75, 3.05) is 32.8 Å². The fourth-order valence-corrected chi connectivity index (χ4v) is 6.21. The summed E-state index contributed by atoms with van der Waals surface area (Å²) in [7, 11) is -3.61. The molecule has 138 valence electrons. The first-order valence-corrected chi connectivity index (χ1v) is 10.4. The van der Waals surface area contributed by atoms with Crippen molar-refractivity contribution in [2.24, 2.45) is 5.41 Å². The van der Waals surface area contributed by atoms with Crippen LogP contribution in [0, 0.1) is 5.41 Å². The molecule has 7 nitrogen and oxygen atoms in total. The van der Waals surface area contributed by atoms with Gasteiger partial charge in [-0.15, -0.1) is 0 Å². The number of hydrogen-bond acceptors (Lipinski definition) is 4. The lowest BCUT2D eigenvalue weighted by molar-refractivity contribution is -0.139. The standard InChI is InChI=1S/C16H28N2O5S/c19-15(20)12-14-13-23-11-10-18(14)24(21,22)17-8-6-16(7-9-17)4-2-1-3-5-16/h14H,1-13H2,(H,19,20). The monoisotopic (exact) mass is 360 g/mol. The third kappa shape index (κ3) is 3.76. The van der Waals surface area contributed by atoms with Gasteiger partial charge in [0.25, 0.3) is 10.2 Å². The van der Waals surface area contributed by atoms with Gasteiger partial charge in [-0.2, -0.15) is 17.0 Å². The molecule has 3 aliphatic rings. The minimum Gasteiger partial charge on any atom is -0.481 e. The predicted octanol–water partition coefficient (Wildman–Crippen LogP) is 1.45. The van der Waals surface area contributed by atoms with Crippen LogP contribution in [-0.4, -0.2) is 67.0 Å². The van der Waals surface area contributed by atoms with Crippen molar-refractivity contribution < 1.29 is 23.1 Å². The summed E-state index contributed by atoms with van der Waals surface area (Å²) >= 11 is 0. The molecule has 0 amide bonds. The first-order chi connectivity index (χ1) is 11.4. The molecule has 1 atom stereocenters. The molecule has 0 radical (unpaired) electrons. The summed E-state index contributed by atoms with van der Waals surface area (Å²) in [6.45, 7) is 1.83. The molecule has 1 aliphatic carbocycles. The van der Waals surface area contributed by atoms with E-state index in [0.29, 0.717) is 25.1 Å². The normalized spacial score (nSPS) is 29.6. The van der Waals surface area contributed by atoms with Gasteiger partial charge in [-0.3, -0.25) is 4.79 Å². The Labute approximate surface area is 144 Å². The third-order valence-corrected chi connectivity index (χ3v) is 7.99. The summed E-state index contributed by atoms with van der Waals surface area (Å²) in [6.07, 6.45) is 7.92. The van der Waals surface area contributed by atoms with Gasteiger partial charge in [0.1, 0.15) is 0 Å². The summed E-state index contributed by atoms with van der Waals surface area (Å²) in [5.74, 6) is -0.995. The second-order valence-electron chi connectivity index (χ2n) is 7.40. The summed E-state index contributed by atoms with van der Waals surface area (Å²) < 4.78 is 34.2. The van der Waals surface area contributed by atoms with E-state index in [9.17, 15) is 13.2 Å². The summed E-state index contributed by atoms with van der Waals surface area (Å²) in [5, 5.41) is 9.03. The van der Waals surface area contributed by atoms with Crippen LogP contribution >= 0.6 is 0 Å². The molecule has 1 N–H and O–H groups in total. The zero-order chi connectivity index (χ0) is 17.2. The van der Waals surface area contributed by atoms with Crippen molar-refractivity contribution in [1.82, 2.24) is 8.61 Å². The second kappa shape index (κ2) is 7.27. The zero-order valence-corrected chi connectivity index (χ0v) is 15.0. The van der Waals surface area contributed by atoms with E-state index in [1.54, 1.807) is 4.31 Å². The van der Waals surface area contributed by atoms with Crippen molar-refractivity contribution in [1.29, 1.82) is 0 Å². The number of carboxylic acids is 1. The summed E-state index contributed by atoms with van der Waals surface area (Å²) in [4.78, 5) is 11.0. The molecular weight excluding hydrogens is 332 g/mol. The topological polar surface area (TPSA) is 87.1 Å². The average molecular weight is 360 g/mol. The highest BCUT2D eigenvalue weighted by Crippen LogP contribution is 2.45. The summed E-state index contributed by atoms with van der Waals surface area (Å²) in [5.41, 5.74) is 0.343. The Balaban J connectivity index is 1.67. The van der Waals surface area contributed by atoms with E-state index in [1.165, 1.54) is 36.4 Å². The predicted molar refractivity (Wildman–Crippen MR) is 88.8 cm³/mol. The van der Waals surface area contributed by atoms with Crippen LogP contribution in [0.2, 0.25) is 0 Å². The smallest absolute Gasteiger partial charge is 0.305 e. The quantitative estimate of drug-likeness (QED) is 0.820. The molecule has 24 heavy (non-hydrogen) atoms. The molecule has 1 spiro atoms. The van der Waals surface area contributed by atoms with Crippen LogP contribution in [0.25, 0.3) is 0 Å². The Kier molecular flexibility index (Phi) is 5.48. The third-order valence-electron chi connectivity index (χ3n) is 5.90. The molecular formula is C16H28N2O5S. The van der Waals surface area contributed by atoms with Gasteiger partial charge in [0.15, 0.2) is 0 Å². The van der Waals surface area contributed by atoms with Crippen molar-refractivity contribution in [2.45, 2.75) is 57.4 Å². The molecule has 8 heteroatoms. The molecule has 3 rings (SSSR count). The van der Waals surface area contributed by atoms with Gasteiger partial charge in [0.2, 0.25) is 0 Å². The van der Waals surface area contributed by atoms with E-state index in [2.05, 4.69) is 0 Å². The van der Waals surface area contributed by atoms with E-state index >= 15 is 0 Å². The minimum absolute atomic E-state index is 0.156. The molecule has 0 aromatic heterocycles. The maximum Gasteiger partial charge on any atom is 0.305 e. The number of nitrogens with zero attached hydrogens (tertiary/aromatic N) is 2. The maximum absolute atomic E-state index is 13.0. The zero-order valence-electron chi connectivity index (χ0n) is 14.2. The lowest BCUT2D eigenvalue weighted by atomic mass is 9.68. The first kappa shape index (κ1) is 18.1. The highest BCUT2D eigenvalue weighted by Gasteiger charge is 2.43. The number of carbonyl (C=O) groups is 1. The Bertz CT molecular complexity index is 549. The van der Waals surface area contributed by atoms with Gasteiger partial charge >= 0.3 is 5.97 Å². The Morgan fingerprint density at radius 1 is 1.08 bits per heavy atom. The van der Waals surface area contributed by atoms with Gasteiger partial charge in [-0.05, 0) is 31.1 Å². The fraction of sp³-hybridized carbons (Fsp3) is 0.938. The lowest BCUT2D eigenvalue weighted by Crippen LogP contribution is -2.56. The van der Waals surface area contributed by atoms with Crippen molar-refractivity contribution >= 4 is 16.2 Å². The Morgan fingerprint density at radius 3 is 2.38 bits per heavy atom. The van der Waals surface area contributed by atoms with E-state index in [4.69, 9.17) is 9.84 Å². The van der Waals surface area contributed by atoms with E-state index in [1.807, 2.05) is 0 Å². The number of ether oxygens (including phenoxy) is 1. The number of hydrogen-bond donors (Lipinski definition) is 1. The number of carboxylic acid groups (broad SMARTS) is 1. The number of aliphatic carboxylic acids is 1. The first-order valence-electron chi connectivity index (χ1n) is 8.99. The van der Waals surface area contributed by atoms with Crippen LogP contribution in [0.5, 0.6) is 0 Å². The molecule has 2 saturated heterocycles. The summed E-state index contributed by atoms with van der Waals surface area (Å²) in [6, 6.07) is -0.605. The van der Waals surface area contributed by atoms with Gasteiger partial charge in [0.05, 0.1) is 25.7 Å². The average Bonchev–Trinajstić information content (AvgIpc) is 2.56. The Hall–Kier alpha value is -0.700. The highest BCUT2D eigenvalue weighted by molar-refractivity contribution is 7.86. The molecule has 0 bridgehead atoms. The minimum atomic E-state index is -3.61. The molecule has 3 fully saturated rings. The molecule has 2 heterocycles. The van der Waals surface area contributed by atoms with Gasteiger partial charge in [0, 0.05) is 19.6 Å². The van der Waals surface area contributed by atoms with Gasteiger partial charge in [-0.25, -0.2) is 0 Å². The maximum atomic E-state index is 13.0. The fourth-order valence-electron chi connectivity index (χ4n) is 4.45. The van der Waals surface area contributed by atoms with Crippen molar-refractivity contribution in [3.63, 3.8) is 0 Å². The van der Waals surface area contributed by atoms with Crippen LogP contribution in [0.4, 0.5) is 0 Å². The van der Waals surface area contributed by atoms with Crippen LogP contribution in [0.3, 0.4) is 0 Å². The van der Waals surface area contributed by atoms with E-state index in [-0.39, 0.29) is 19.6 Å². The Morgan fingerprint density at radius 2 is 1.75 bits per heavy atom. The van der Waals surface area contributed by atoms with Crippen molar-refractivity contribution in [3.8, 4) is 0 Å². The molecule has 1 unspecified atom stereocenters. The number of morpholine rings is 1. The SMILES string of the molecule is O=C(O)CC1COCCN1S(=O)(=O)N1CCC2(CCCCC2)CC1. The molecule has 1 saturated carbocycles. The molecule has 0 aromatic rings. The lowest BCUT2D eigenvalue weighted by Gasteiger charge is -2.45. The van der Waals surface area contributed by atoms with Gasteiger partial charge < -0.3 is 9.84 Å². The van der Waals surface area contributed by atoms with E-state index < -0.39 is 22.2 Å². The van der Waals surface area contributed by atoms with Crippen LogP contribution in [0.15, 0.2) is 0 Å². The molecule has 0 aromatic carbocycles. The highest BCUT2D eigenvalue weighted by atomic mass is 32.2. The number of rotatable bonds is 4. The number of piperidine rings is 1. The van der Waals surface area contributed by atoms with E-state index in [0.717, 1.165) is 12.8 Å². The van der Waals surface area contributed by atoms with Crippen LogP contribution in [0.1, 0.15) is 51.4 Å². The van der Waals surface area contributed by atoms with Gasteiger partial charge in [-0.1, -0.05) is 19.3 Å². The van der Waals surface area contributed by atoms with Crippen molar-refractivity contribution in [3.05, 3.63) is 0 Å². The largest absolute Gasteiger partial charge is 0.481 e.